The van der Waals surface area contributed by atoms with Crippen LogP contribution in [0.4, 0.5) is 0 Å². The van der Waals surface area contributed by atoms with E-state index in [2.05, 4.69) is 0 Å². The molecule has 43 N–H and O–H groups in total. The molecular weight excluding hydrogens is 1930 g/mol. The molecule has 0 aromatic carbocycles. The normalized spacial score (nSPS) is 47.6. The molecule has 10 fully saturated rings. The van der Waals surface area contributed by atoms with Crippen molar-refractivity contribution in [1.82, 2.24) is 0 Å². The van der Waals surface area contributed by atoms with Gasteiger partial charge in [-0.1, -0.05) is 0 Å². The molecule has 0 amide bonds. The van der Waals surface area contributed by atoms with Crippen molar-refractivity contribution in [3.05, 3.63) is 0 Å². The number of aliphatic carboxylic acids is 2. The number of aliphatic hydroxyl groups is 27. The number of phosphoric acid groups is 3. The average molecular weight is 2050 g/mol. The number of phosphoric ester groups is 3. The monoisotopic (exact) mass is 2050 g/mol. The maximum atomic E-state index is 14.3. The molecule has 10 aliphatic heterocycles. The smallest absolute Gasteiger partial charge is 0.470 e. The van der Waals surface area contributed by atoms with Crippen LogP contribution in [0.2, 0.25) is 0 Å². The minimum absolute atomic E-state index is 1.01. The highest BCUT2D eigenvalue weighted by Gasteiger charge is 2.67. The first-order chi connectivity index (χ1) is 63.0. The molecule has 52 atom stereocenters. The summed E-state index contributed by atoms with van der Waals surface area (Å²) in [4.78, 5) is 91.7. The Bertz CT molecular complexity index is 3880. The van der Waals surface area contributed by atoms with Crippen molar-refractivity contribution in [2.24, 2.45) is 22.9 Å². The van der Waals surface area contributed by atoms with E-state index in [-0.39, 0.29) is 0 Å². The Morgan fingerprint density at radius 2 is 0.741 bits per heavy atom. The van der Waals surface area contributed by atoms with Gasteiger partial charge in [-0.05, 0) is 0 Å². The van der Waals surface area contributed by atoms with Gasteiger partial charge in [0.15, 0.2) is 50.3 Å². The predicted octanol–water partition coefficient (Wildman–Crippen LogP) is -24.2. The number of carboxylic acids is 2. The lowest BCUT2D eigenvalue weighted by atomic mass is 9.89. The fourth-order valence-corrected chi connectivity index (χ4v) is 18.3. The van der Waals surface area contributed by atoms with Gasteiger partial charge in [0, 0.05) is 12.8 Å². The van der Waals surface area contributed by atoms with Gasteiger partial charge in [-0.3, -0.25) is 13.6 Å². The van der Waals surface area contributed by atoms with Crippen molar-refractivity contribution in [2.75, 3.05) is 66.1 Å². The van der Waals surface area contributed by atoms with Crippen LogP contribution < -0.4 is 22.9 Å². The third-order valence-corrected chi connectivity index (χ3v) is 25.3. The lowest BCUT2D eigenvalue weighted by Crippen LogP contribution is -2.71. The van der Waals surface area contributed by atoms with Crippen LogP contribution in [-0.4, -0.2) is 573 Å². The number of nitrogens with two attached hydrogens (primary N) is 4. The minimum Gasteiger partial charge on any atom is -0.477 e. The van der Waals surface area contributed by atoms with Crippen molar-refractivity contribution in [1.29, 1.82) is 0 Å². The predicted molar refractivity (Wildman–Crippen MR) is 405 cm³/mol. The SMILES string of the molecule is N[C@@H]1[C@@H](O)[C@H](O)[C@@H](CO[C@@H]2O[C@H](CO[C@]3(C(=O)O)C[C@@H](O[C@]4(C(=O)O)C[C@@H](O)[C@@H](O)[C@@H]([C@H](O)CO)O4)[C@@H](O[C@H]4O[C@H]([C@@H](O)CO)[C@@H](OP(=O)(O)O)[C@H](O[C@H]5O[C@H]([C@@H](O)CO)[C@@H](O)[C@H](O[C@H]6O[C@H](CO)[C@H](O[C@H]7O[C@H](CO)[C@@H](O)[C@H](O)[C@H]7O)[C@H](O[C@@H]7O[C@H](CO)[C@@H](O)[C@H](O)[C@H]7O[C@@H]7O[C@H](CO)[C@@H](O)[C@H](O)[C@H]7N)[C@H]6N)[C@@H]5O)[C@@H]4OP(=O)(O)O)[C@@H]([C@H](O)CO)O3)[C@@H](OP(=O)(O)O)[C@H](O)[C@H]2N)O[C@@H]1O. The number of hydrogen-bond acceptors (Lipinski definition) is 58. The van der Waals surface area contributed by atoms with Gasteiger partial charge in [-0.25, -0.2) is 23.3 Å². The summed E-state index contributed by atoms with van der Waals surface area (Å²) in [5, 5.41) is 321. The van der Waals surface area contributed by atoms with E-state index in [0.717, 1.165) is 0 Å². The van der Waals surface area contributed by atoms with Crippen LogP contribution in [0.5, 0.6) is 0 Å². The second-order valence-corrected chi connectivity index (χ2v) is 36.6. The molecule has 135 heavy (non-hydrogen) atoms. The third kappa shape index (κ3) is 25.7. The molecule has 0 unspecified atom stereocenters. The lowest BCUT2D eigenvalue weighted by molar-refractivity contribution is -0.408. The summed E-state index contributed by atoms with van der Waals surface area (Å²) in [5.74, 6) is -12.8. The van der Waals surface area contributed by atoms with Gasteiger partial charge in [0.05, 0.1) is 102 Å². The summed E-state index contributed by atoms with van der Waals surface area (Å²) < 4.78 is 166. The first kappa shape index (κ1) is 114. The molecule has 0 saturated carbocycles. The highest BCUT2D eigenvalue weighted by atomic mass is 31.2. The largest absolute Gasteiger partial charge is 0.477 e. The summed E-state index contributed by atoms with van der Waals surface area (Å²) >= 11 is 0. The number of carboxylic acid groups (broad SMARTS) is 2. The van der Waals surface area contributed by atoms with E-state index < -0.39 is 432 Å². The number of aliphatic hydroxyl groups excluding tert-OH is 27. The standard InChI is InChI=1S/C66H117N4O62P3/c67-25-34(89)33(88)23(113-55(25)97)11-111-56-27(69)36(91)46(130-133(102,103)104)24(118-56)12-112-65(63(98)99)2-18(127-66(64(100)101)1-13(79)29(84)43(128-66)15(81)4-72)47(45(129-65)17(83)6-74)122-62-54(132-135(108,109)110)52(53(131-134(105,106)107)44(120-62)16(82)5-73)126-60-41(96)50(40(95)42(119-60)14(80)3-71)124-58-28(70)49(48(22(10-78)117-58)121-59-39(94)37(92)31(86)20(8-76)115-59)123-61-51(38(93)32(87)21(9-77)116-61)125-57-26(68)35(90)30(85)19(7-75)114-57/h13-62,71-97H,1-12,67-70H2,(H,98,99)(H,100,101)(H2,102,103,104)(H2,105,106,107)(H2,108,109,110)/t13-,14+,15-,16+,17-,18-,19-,20-,21-,22-,23-,24-,25-,26-,27-,28-,29-,30-,31-,32-,33-,34-,35-,36-,37+,38+,39-,40-,41+,42-,43-,44-,45-,46-,47-,48+,49-,50+,51-,52+,53-,54+,55+,56-,57+,58-,59-,60-,61+,62-,65-,66-/m1/s1. The van der Waals surface area contributed by atoms with Gasteiger partial charge in [-0.15, -0.1) is 0 Å². The molecular formula is C66H117N4O62P3. The third-order valence-electron chi connectivity index (χ3n) is 23.8. The number of hydrogen-bond donors (Lipinski definition) is 39. The highest BCUT2D eigenvalue weighted by molar-refractivity contribution is 7.46. The van der Waals surface area contributed by atoms with E-state index in [9.17, 15) is 201 Å². The molecule has 69 heteroatoms. The maximum absolute atomic E-state index is 14.3. The van der Waals surface area contributed by atoms with Crippen LogP contribution in [0.15, 0.2) is 0 Å². The molecule has 0 aromatic heterocycles. The lowest BCUT2D eigenvalue weighted by Gasteiger charge is -2.53. The van der Waals surface area contributed by atoms with Gasteiger partial charge in [0.1, 0.15) is 220 Å². The highest BCUT2D eigenvalue weighted by Crippen LogP contribution is 2.52. The van der Waals surface area contributed by atoms with Crippen molar-refractivity contribution in [3.63, 3.8) is 0 Å². The Balaban J connectivity index is 1.07. The van der Waals surface area contributed by atoms with Crippen molar-refractivity contribution in [2.45, 2.75) is 331 Å². The van der Waals surface area contributed by atoms with Crippen LogP contribution in [0, 0.1) is 0 Å². The van der Waals surface area contributed by atoms with E-state index in [4.69, 9.17) is 127 Å². The Labute approximate surface area is 757 Å². The second kappa shape index (κ2) is 47.2. The Morgan fingerprint density at radius 1 is 0.326 bits per heavy atom. The number of carbonyl (C=O) groups is 2. The molecule has 0 aromatic rings. The average Bonchev–Trinajstić information content (AvgIpc) is 0.737. The summed E-state index contributed by atoms with van der Waals surface area (Å²) in [6, 6.07) is -7.90. The fourth-order valence-electron chi connectivity index (χ4n) is 16.6. The zero-order valence-electron chi connectivity index (χ0n) is 69.7. The molecule has 0 radical (unpaired) electrons. The molecule has 66 nitrogen and oxygen atoms in total. The van der Waals surface area contributed by atoms with Gasteiger partial charge < -0.3 is 290 Å². The van der Waals surface area contributed by atoms with Crippen molar-refractivity contribution < 1.29 is 304 Å². The van der Waals surface area contributed by atoms with Crippen LogP contribution in [0.1, 0.15) is 12.8 Å². The van der Waals surface area contributed by atoms with Crippen LogP contribution in [0.3, 0.4) is 0 Å². The Morgan fingerprint density at radius 3 is 1.30 bits per heavy atom. The molecule has 0 bridgehead atoms. The van der Waals surface area contributed by atoms with E-state index in [1.807, 2.05) is 0 Å². The van der Waals surface area contributed by atoms with Crippen LogP contribution in [-0.2, 0) is 127 Å². The second-order valence-electron chi connectivity index (χ2n) is 33.0. The molecule has 10 aliphatic rings. The van der Waals surface area contributed by atoms with E-state index >= 15 is 0 Å². The van der Waals surface area contributed by atoms with E-state index in [1.165, 1.54) is 0 Å². The number of ether oxygens (including phenoxy) is 19. The first-order valence-corrected chi connectivity index (χ1v) is 45.6. The molecule has 10 saturated heterocycles. The molecule has 788 valence electrons. The zero-order chi connectivity index (χ0) is 101. The zero-order valence-corrected chi connectivity index (χ0v) is 72.4. The summed E-state index contributed by atoms with van der Waals surface area (Å²) in [7, 11) is -19.1. The Kier molecular flexibility index (Phi) is 39.9. The quantitative estimate of drug-likeness (QED) is 0.0253. The summed E-state index contributed by atoms with van der Waals surface area (Å²) in [5.41, 5.74) is 24.9. The van der Waals surface area contributed by atoms with Gasteiger partial charge >= 0.3 is 35.4 Å². The van der Waals surface area contributed by atoms with Gasteiger partial charge in [0.25, 0.3) is 11.6 Å². The van der Waals surface area contributed by atoms with E-state index in [0.29, 0.717) is 0 Å². The van der Waals surface area contributed by atoms with Crippen molar-refractivity contribution >= 4 is 35.4 Å². The first-order valence-electron chi connectivity index (χ1n) is 41.0. The topological polar surface area (TPSA) is 1100 Å². The Hall–Kier alpha value is -2.73. The van der Waals surface area contributed by atoms with Gasteiger partial charge in [-0.2, -0.15) is 0 Å². The molecule has 10 rings (SSSR count). The summed E-state index contributed by atoms with van der Waals surface area (Å²) in [6.07, 6.45) is -118. The van der Waals surface area contributed by atoms with Crippen LogP contribution in [0.25, 0.3) is 0 Å². The van der Waals surface area contributed by atoms with E-state index in [1.54, 1.807) is 0 Å². The molecule has 10 heterocycles. The van der Waals surface area contributed by atoms with Crippen LogP contribution >= 0.6 is 23.5 Å². The minimum atomic E-state index is -6.65. The summed E-state index contributed by atoms with van der Waals surface area (Å²) in [6.45, 7) is -14.1. The maximum Gasteiger partial charge on any atom is 0.470 e. The fraction of sp³-hybridized carbons (Fsp3) is 0.970. The molecule has 0 aliphatic carbocycles. The van der Waals surface area contributed by atoms with Crippen molar-refractivity contribution in [3.8, 4) is 0 Å². The van der Waals surface area contributed by atoms with Gasteiger partial charge in [0.2, 0.25) is 0 Å². The molecule has 0 spiro atoms. The number of rotatable bonds is 40.